The molecule has 0 aromatic heterocycles. The van der Waals surface area contributed by atoms with Crippen LogP contribution in [0.25, 0.3) is 0 Å². The molecule has 0 saturated carbocycles. The number of rotatable bonds is 16. The summed E-state index contributed by atoms with van der Waals surface area (Å²) >= 11 is 0. The fraction of sp³-hybridized carbons (Fsp3) is 0.750. The Morgan fingerprint density at radius 2 is 1.23 bits per heavy atom. The van der Waals surface area contributed by atoms with Gasteiger partial charge in [-0.2, -0.15) is 0 Å². The zero-order valence-corrected chi connectivity index (χ0v) is 14.6. The van der Waals surface area contributed by atoms with E-state index in [1.54, 1.807) is 0 Å². The maximum Gasteiger partial charge on any atom is 0.303 e. The quantitative estimate of drug-likeness (QED) is 0.255. The van der Waals surface area contributed by atoms with Crippen LogP contribution in [0.4, 0.5) is 0 Å². The smallest absolute Gasteiger partial charge is 0.303 e. The molecule has 2 heteroatoms. The highest BCUT2D eigenvalue weighted by atomic mass is 16.4. The number of carboxylic acid groups (broad SMARTS) is 1. The lowest BCUT2D eigenvalue weighted by Crippen LogP contribution is -1.93. The van der Waals surface area contributed by atoms with Crippen molar-refractivity contribution in [2.45, 2.75) is 96.8 Å². The van der Waals surface area contributed by atoms with Crippen molar-refractivity contribution >= 4 is 5.97 Å². The van der Waals surface area contributed by atoms with Crippen LogP contribution in [-0.4, -0.2) is 11.1 Å². The van der Waals surface area contributed by atoms with E-state index in [0.29, 0.717) is 6.42 Å². The first-order valence-corrected chi connectivity index (χ1v) is 9.29. The van der Waals surface area contributed by atoms with Gasteiger partial charge in [-0.1, -0.05) is 76.2 Å². The van der Waals surface area contributed by atoms with E-state index in [9.17, 15) is 4.79 Å². The van der Waals surface area contributed by atoms with E-state index in [1.165, 1.54) is 51.4 Å². The molecule has 0 amide bonds. The molecule has 0 unspecified atom stereocenters. The predicted octanol–water partition coefficient (Wildman–Crippen LogP) is 6.66. The molecule has 0 aliphatic heterocycles. The Labute approximate surface area is 137 Å². The molecule has 0 heterocycles. The monoisotopic (exact) mass is 308 g/mol. The molecule has 0 rings (SSSR count). The maximum atomic E-state index is 10.3. The summed E-state index contributed by atoms with van der Waals surface area (Å²) in [4.78, 5) is 10.3. The second-order valence-corrected chi connectivity index (χ2v) is 6.08. The molecule has 0 fully saturated rings. The number of allylic oxidation sites excluding steroid dienone is 4. The second-order valence-electron chi connectivity index (χ2n) is 6.08. The average molecular weight is 309 g/mol. The lowest BCUT2D eigenvalue weighted by molar-refractivity contribution is -0.137. The van der Waals surface area contributed by atoms with Gasteiger partial charge >= 0.3 is 5.97 Å². The summed E-state index contributed by atoms with van der Waals surface area (Å²) in [5.41, 5.74) is 0. The number of unbranched alkanes of at least 4 members (excludes halogenated alkanes) is 10. The van der Waals surface area contributed by atoms with E-state index in [2.05, 4.69) is 31.2 Å². The van der Waals surface area contributed by atoms with Crippen LogP contribution >= 0.6 is 0 Å². The molecule has 0 atom stereocenters. The van der Waals surface area contributed by atoms with E-state index >= 15 is 0 Å². The largest absolute Gasteiger partial charge is 0.481 e. The van der Waals surface area contributed by atoms with Gasteiger partial charge in [-0.3, -0.25) is 4.79 Å². The molecule has 0 bridgehead atoms. The highest BCUT2D eigenvalue weighted by Gasteiger charge is 1.94. The molecule has 0 spiro atoms. The van der Waals surface area contributed by atoms with Crippen molar-refractivity contribution in [3.8, 4) is 0 Å². The number of carboxylic acids is 1. The summed E-state index contributed by atoms with van der Waals surface area (Å²) in [6, 6.07) is 0. The Balaban J connectivity index is 3.19. The van der Waals surface area contributed by atoms with Gasteiger partial charge in [0.2, 0.25) is 0 Å². The van der Waals surface area contributed by atoms with Crippen LogP contribution in [0, 0.1) is 0 Å². The number of hydrogen-bond acceptors (Lipinski definition) is 1. The minimum atomic E-state index is -0.679. The summed E-state index contributed by atoms with van der Waals surface area (Å²) in [6.07, 6.45) is 25.2. The van der Waals surface area contributed by atoms with E-state index in [0.717, 1.165) is 32.1 Å². The van der Waals surface area contributed by atoms with Crippen LogP contribution in [-0.2, 0) is 4.79 Å². The Bertz CT molecular complexity index is 292. The van der Waals surface area contributed by atoms with Gasteiger partial charge in [0.25, 0.3) is 0 Å². The highest BCUT2D eigenvalue weighted by molar-refractivity contribution is 5.66. The Morgan fingerprint density at radius 1 is 0.727 bits per heavy atom. The van der Waals surface area contributed by atoms with Crippen LogP contribution in [0.1, 0.15) is 96.8 Å². The van der Waals surface area contributed by atoms with Gasteiger partial charge < -0.3 is 5.11 Å². The first kappa shape index (κ1) is 20.9. The van der Waals surface area contributed by atoms with E-state index in [4.69, 9.17) is 5.11 Å². The Kier molecular flexibility index (Phi) is 17.1. The van der Waals surface area contributed by atoms with Crippen molar-refractivity contribution < 1.29 is 9.90 Å². The van der Waals surface area contributed by atoms with Crippen molar-refractivity contribution in [3.05, 3.63) is 24.3 Å². The maximum absolute atomic E-state index is 10.3. The summed E-state index contributed by atoms with van der Waals surface area (Å²) in [5.74, 6) is -0.679. The summed E-state index contributed by atoms with van der Waals surface area (Å²) < 4.78 is 0. The van der Waals surface area contributed by atoms with Gasteiger partial charge in [0.15, 0.2) is 0 Å². The molecule has 2 nitrogen and oxygen atoms in total. The number of hydrogen-bond donors (Lipinski definition) is 1. The highest BCUT2D eigenvalue weighted by Crippen LogP contribution is 2.09. The molecule has 22 heavy (non-hydrogen) atoms. The molecule has 1 N–H and O–H groups in total. The number of aliphatic carboxylic acids is 1. The molecule has 0 aromatic carbocycles. The van der Waals surface area contributed by atoms with Gasteiger partial charge in [0, 0.05) is 6.42 Å². The van der Waals surface area contributed by atoms with Crippen LogP contribution < -0.4 is 0 Å². The van der Waals surface area contributed by atoms with Gasteiger partial charge in [0.1, 0.15) is 0 Å². The zero-order chi connectivity index (χ0) is 16.3. The fourth-order valence-corrected chi connectivity index (χ4v) is 2.44. The van der Waals surface area contributed by atoms with Gasteiger partial charge in [-0.05, 0) is 38.5 Å². The normalized spacial score (nSPS) is 11.7. The molecular formula is C20H36O2. The Hall–Kier alpha value is -1.05. The van der Waals surface area contributed by atoms with Gasteiger partial charge in [-0.25, -0.2) is 0 Å². The van der Waals surface area contributed by atoms with Crippen LogP contribution in [0.2, 0.25) is 0 Å². The standard InChI is InChI=1S/C20H36O2/c1-2-3-4-5-6-7-8-9-10-11-12-13-14-15-16-17-18-19-20(21)22/h10-11,13-14H,2-9,12,15-19H2,1H3,(H,21,22)/b11-10?,14-13-. The first-order valence-electron chi connectivity index (χ1n) is 9.29. The zero-order valence-electron chi connectivity index (χ0n) is 14.6. The summed E-state index contributed by atoms with van der Waals surface area (Å²) in [5, 5.41) is 8.52. The van der Waals surface area contributed by atoms with Gasteiger partial charge in [-0.15, -0.1) is 0 Å². The fourth-order valence-electron chi connectivity index (χ4n) is 2.44. The lowest BCUT2D eigenvalue weighted by atomic mass is 10.1. The van der Waals surface area contributed by atoms with Crippen LogP contribution in [0.15, 0.2) is 24.3 Å². The third kappa shape index (κ3) is 18.9. The topological polar surface area (TPSA) is 37.3 Å². The molecule has 0 aromatic rings. The number of carbonyl (C=O) groups is 1. The summed E-state index contributed by atoms with van der Waals surface area (Å²) in [7, 11) is 0. The molecule has 128 valence electrons. The third-order valence-electron chi connectivity index (χ3n) is 3.84. The molecule has 0 saturated heterocycles. The Morgan fingerprint density at radius 3 is 1.77 bits per heavy atom. The van der Waals surface area contributed by atoms with Gasteiger partial charge in [0.05, 0.1) is 0 Å². The van der Waals surface area contributed by atoms with Crippen LogP contribution in [0.5, 0.6) is 0 Å². The van der Waals surface area contributed by atoms with Crippen molar-refractivity contribution in [1.29, 1.82) is 0 Å². The van der Waals surface area contributed by atoms with Crippen molar-refractivity contribution in [1.82, 2.24) is 0 Å². The van der Waals surface area contributed by atoms with Crippen molar-refractivity contribution in [2.24, 2.45) is 0 Å². The van der Waals surface area contributed by atoms with E-state index in [-0.39, 0.29) is 0 Å². The predicted molar refractivity (Wildman–Crippen MR) is 96.2 cm³/mol. The van der Waals surface area contributed by atoms with Crippen LogP contribution in [0.3, 0.4) is 0 Å². The minimum Gasteiger partial charge on any atom is -0.481 e. The van der Waals surface area contributed by atoms with E-state index < -0.39 is 5.97 Å². The average Bonchev–Trinajstić information content (AvgIpc) is 2.50. The molecule has 0 aliphatic carbocycles. The summed E-state index contributed by atoms with van der Waals surface area (Å²) in [6.45, 7) is 2.26. The van der Waals surface area contributed by atoms with E-state index in [1.807, 2.05) is 0 Å². The lowest BCUT2D eigenvalue weighted by Gasteiger charge is -1.98. The van der Waals surface area contributed by atoms with Crippen molar-refractivity contribution in [3.63, 3.8) is 0 Å². The molecular weight excluding hydrogens is 272 g/mol. The second kappa shape index (κ2) is 18.0. The molecule has 0 radical (unpaired) electrons. The SMILES string of the molecule is CCCCCCCCCC=CC/C=C\CCCCCC(=O)O. The molecule has 0 aliphatic rings. The third-order valence-corrected chi connectivity index (χ3v) is 3.84. The minimum absolute atomic E-state index is 0.311. The van der Waals surface area contributed by atoms with Crippen molar-refractivity contribution in [2.75, 3.05) is 0 Å². The first-order chi connectivity index (χ1) is 10.8.